The van der Waals surface area contributed by atoms with E-state index in [-0.39, 0.29) is 16.9 Å². The smallest absolute Gasteiger partial charge is 0.357 e. The fraction of sp³-hybridized carbons (Fsp3) is 0.684. The monoisotopic (exact) mass is 328 g/mol. The molecule has 5 heteroatoms. The Kier molecular flexibility index (Phi) is 3.70. The third-order valence-electron chi connectivity index (χ3n) is 6.20. The Morgan fingerprint density at radius 3 is 2.29 bits per heavy atom. The normalized spacial score (nSPS) is 34.8. The molecule has 1 heterocycles. The summed E-state index contributed by atoms with van der Waals surface area (Å²) in [6.07, 6.45) is 7.68. The first-order chi connectivity index (χ1) is 11.4. The summed E-state index contributed by atoms with van der Waals surface area (Å²) in [5, 5.41) is 0. The molecule has 5 rings (SSSR count). The van der Waals surface area contributed by atoms with Gasteiger partial charge < -0.3 is 4.74 Å². The first kappa shape index (κ1) is 15.7. The average Bonchev–Trinajstić information content (AvgIpc) is 2.52. The molecule has 1 aromatic rings. The number of ketones is 1. The summed E-state index contributed by atoms with van der Waals surface area (Å²) in [6.45, 7) is 3.44. The number of esters is 1. The van der Waals surface area contributed by atoms with Crippen LogP contribution in [0.3, 0.4) is 0 Å². The van der Waals surface area contributed by atoms with Crippen molar-refractivity contribution in [2.45, 2.75) is 58.5 Å². The number of ether oxygens (including phenoxy) is 1. The van der Waals surface area contributed by atoms with Crippen molar-refractivity contribution >= 4 is 11.8 Å². The fourth-order valence-electron chi connectivity index (χ4n) is 5.69. The van der Waals surface area contributed by atoms with Crippen molar-refractivity contribution in [1.82, 2.24) is 9.97 Å². The van der Waals surface area contributed by atoms with Crippen molar-refractivity contribution in [1.29, 1.82) is 0 Å². The minimum Gasteiger partial charge on any atom is -0.450 e. The first-order valence-corrected chi connectivity index (χ1v) is 9.00. The minimum atomic E-state index is -0.705. The van der Waals surface area contributed by atoms with Gasteiger partial charge in [-0.25, -0.2) is 14.8 Å². The summed E-state index contributed by atoms with van der Waals surface area (Å²) in [5.74, 6) is 2.21. The Morgan fingerprint density at radius 1 is 1.17 bits per heavy atom. The Morgan fingerprint density at radius 2 is 1.75 bits per heavy atom. The largest absolute Gasteiger partial charge is 0.450 e. The van der Waals surface area contributed by atoms with E-state index < -0.39 is 12.1 Å². The zero-order valence-corrected chi connectivity index (χ0v) is 14.3. The van der Waals surface area contributed by atoms with E-state index in [2.05, 4.69) is 9.97 Å². The van der Waals surface area contributed by atoms with Crippen LogP contribution in [0.25, 0.3) is 0 Å². The molecule has 4 saturated carbocycles. The summed E-state index contributed by atoms with van der Waals surface area (Å²) in [5.41, 5.74) is -0.0246. The highest BCUT2D eigenvalue weighted by atomic mass is 16.5. The van der Waals surface area contributed by atoms with Gasteiger partial charge in [-0.3, -0.25) is 4.79 Å². The second-order valence-corrected chi connectivity index (χ2v) is 8.10. The van der Waals surface area contributed by atoms with E-state index in [0.717, 1.165) is 19.3 Å². The van der Waals surface area contributed by atoms with E-state index in [1.54, 1.807) is 13.8 Å². The number of carbonyl (C=O) groups excluding carboxylic acids is 2. The summed E-state index contributed by atoms with van der Waals surface area (Å²) in [4.78, 5) is 33.5. The maximum atomic E-state index is 13.1. The molecule has 0 amide bonds. The molecular weight excluding hydrogens is 304 g/mol. The van der Waals surface area contributed by atoms with Gasteiger partial charge in [0.15, 0.2) is 17.6 Å². The molecule has 1 atom stereocenters. The van der Waals surface area contributed by atoms with Gasteiger partial charge in [-0.15, -0.1) is 0 Å². The molecule has 5 nitrogen and oxygen atoms in total. The number of Topliss-reactive ketones (excluding diaryl/α,β-unsaturated/α-hetero) is 1. The third kappa shape index (κ3) is 2.64. The number of rotatable bonds is 4. The lowest BCUT2D eigenvalue weighted by molar-refractivity contribution is -0.152. The lowest BCUT2D eigenvalue weighted by atomic mass is 9.48. The molecule has 4 aliphatic carbocycles. The number of carbonyl (C=O) groups is 2. The van der Waals surface area contributed by atoms with Crippen LogP contribution in [-0.4, -0.2) is 27.8 Å². The van der Waals surface area contributed by atoms with Crippen molar-refractivity contribution in [2.24, 2.45) is 23.2 Å². The summed E-state index contributed by atoms with van der Waals surface area (Å²) < 4.78 is 5.46. The Balaban J connectivity index is 1.47. The van der Waals surface area contributed by atoms with Gasteiger partial charge in [-0.05, 0) is 76.2 Å². The van der Waals surface area contributed by atoms with Gasteiger partial charge in [0.25, 0.3) is 0 Å². The quantitative estimate of drug-likeness (QED) is 0.794. The van der Waals surface area contributed by atoms with Gasteiger partial charge in [0.2, 0.25) is 0 Å². The fourth-order valence-corrected chi connectivity index (χ4v) is 5.69. The zero-order valence-electron chi connectivity index (χ0n) is 14.3. The SMILES string of the molecule is Cc1nccc(C(=O)O[C@@H](C)C(=O)C23CC4CC(CC(C4)C2)C3)n1. The number of aryl methyl sites for hydroxylation is 1. The van der Waals surface area contributed by atoms with E-state index >= 15 is 0 Å². The topological polar surface area (TPSA) is 69.2 Å². The van der Waals surface area contributed by atoms with Gasteiger partial charge in [0, 0.05) is 11.6 Å². The van der Waals surface area contributed by atoms with Gasteiger partial charge in [0.05, 0.1) is 0 Å². The van der Waals surface area contributed by atoms with Crippen LogP contribution in [0.2, 0.25) is 0 Å². The number of hydrogen-bond donors (Lipinski definition) is 0. The molecule has 1 aromatic heterocycles. The van der Waals surface area contributed by atoms with Crippen molar-refractivity contribution in [3.63, 3.8) is 0 Å². The molecule has 0 saturated heterocycles. The third-order valence-corrected chi connectivity index (χ3v) is 6.20. The van der Waals surface area contributed by atoms with Crippen LogP contribution in [0.15, 0.2) is 12.3 Å². The van der Waals surface area contributed by atoms with Crippen LogP contribution in [0, 0.1) is 30.1 Å². The van der Waals surface area contributed by atoms with Crippen LogP contribution in [0.4, 0.5) is 0 Å². The van der Waals surface area contributed by atoms with Gasteiger partial charge >= 0.3 is 5.97 Å². The number of hydrogen-bond acceptors (Lipinski definition) is 5. The predicted octanol–water partition coefficient (Wildman–Crippen LogP) is 3.12. The van der Waals surface area contributed by atoms with E-state index in [1.807, 2.05) is 0 Å². The van der Waals surface area contributed by atoms with E-state index in [1.165, 1.54) is 31.5 Å². The standard InChI is InChI=1S/C19H24N2O3/c1-11(24-18(23)16-3-4-20-12(2)21-16)17(22)19-8-13-5-14(9-19)7-15(6-13)10-19/h3-4,11,13-15H,5-10H2,1-2H3/t11-,13?,14?,15?,19?/m0/s1. The zero-order chi connectivity index (χ0) is 16.9. The summed E-state index contributed by atoms with van der Waals surface area (Å²) in [6, 6.07) is 1.53. The van der Waals surface area contributed by atoms with Gasteiger partial charge in [0.1, 0.15) is 5.82 Å². The molecule has 0 unspecified atom stereocenters. The maximum Gasteiger partial charge on any atom is 0.357 e. The molecular formula is C19H24N2O3. The average molecular weight is 328 g/mol. The Labute approximate surface area is 142 Å². The summed E-state index contributed by atoms with van der Waals surface area (Å²) in [7, 11) is 0. The maximum absolute atomic E-state index is 13.1. The molecule has 0 radical (unpaired) electrons. The van der Waals surface area contributed by atoms with E-state index in [4.69, 9.17) is 4.74 Å². The van der Waals surface area contributed by atoms with Crippen molar-refractivity contribution in [2.75, 3.05) is 0 Å². The van der Waals surface area contributed by atoms with Crippen LogP contribution >= 0.6 is 0 Å². The first-order valence-electron chi connectivity index (χ1n) is 9.00. The van der Waals surface area contributed by atoms with Crippen LogP contribution in [0.5, 0.6) is 0 Å². The highest BCUT2D eigenvalue weighted by molar-refractivity contribution is 5.93. The van der Waals surface area contributed by atoms with Gasteiger partial charge in [-0.2, -0.15) is 0 Å². The molecule has 0 aliphatic heterocycles. The lowest BCUT2D eigenvalue weighted by Gasteiger charge is -2.56. The molecule has 0 spiro atoms. The predicted molar refractivity (Wildman–Crippen MR) is 87.3 cm³/mol. The lowest BCUT2D eigenvalue weighted by Crippen LogP contribution is -2.52. The van der Waals surface area contributed by atoms with E-state index in [9.17, 15) is 9.59 Å². The number of aromatic nitrogens is 2. The van der Waals surface area contributed by atoms with Gasteiger partial charge in [-0.1, -0.05) is 0 Å². The number of nitrogens with zero attached hydrogens (tertiary/aromatic N) is 2. The summed E-state index contributed by atoms with van der Waals surface area (Å²) >= 11 is 0. The van der Waals surface area contributed by atoms with Crippen LogP contribution in [0.1, 0.15) is 61.8 Å². The van der Waals surface area contributed by atoms with E-state index in [0.29, 0.717) is 23.6 Å². The van der Waals surface area contributed by atoms with Crippen LogP contribution < -0.4 is 0 Å². The van der Waals surface area contributed by atoms with Crippen molar-refractivity contribution in [3.8, 4) is 0 Å². The minimum absolute atomic E-state index is 0.126. The van der Waals surface area contributed by atoms with Crippen molar-refractivity contribution < 1.29 is 14.3 Å². The second kappa shape index (κ2) is 5.64. The Bertz CT molecular complexity index is 650. The molecule has 4 aliphatic rings. The Hall–Kier alpha value is -1.78. The molecule has 24 heavy (non-hydrogen) atoms. The van der Waals surface area contributed by atoms with Crippen molar-refractivity contribution in [3.05, 3.63) is 23.8 Å². The molecule has 4 bridgehead atoms. The molecule has 0 aromatic carbocycles. The second-order valence-electron chi connectivity index (χ2n) is 8.10. The highest BCUT2D eigenvalue weighted by Crippen LogP contribution is 2.60. The van der Waals surface area contributed by atoms with Crippen LogP contribution in [-0.2, 0) is 9.53 Å². The molecule has 4 fully saturated rings. The highest BCUT2D eigenvalue weighted by Gasteiger charge is 2.55. The molecule has 128 valence electrons. The molecule has 0 N–H and O–H groups in total.